The predicted octanol–water partition coefficient (Wildman–Crippen LogP) is 3.34. The van der Waals surface area contributed by atoms with E-state index in [9.17, 15) is 0 Å². The molecule has 27 heavy (non-hydrogen) atoms. The van der Waals surface area contributed by atoms with Gasteiger partial charge in [-0.1, -0.05) is 44.2 Å². The summed E-state index contributed by atoms with van der Waals surface area (Å²) in [7, 11) is 1.83. The number of fused-ring (bicyclic) bond motifs is 1. The highest BCUT2D eigenvalue weighted by atomic mass is 15.4. The van der Waals surface area contributed by atoms with Crippen LogP contribution in [0.5, 0.6) is 0 Å². The van der Waals surface area contributed by atoms with Crippen molar-refractivity contribution >= 4 is 5.96 Å². The Hall–Kier alpha value is -2.37. The summed E-state index contributed by atoms with van der Waals surface area (Å²) in [6.07, 6.45) is 4.30. The number of hydrogen-bond acceptors (Lipinski definition) is 3. The maximum atomic E-state index is 4.62. The third-order valence-corrected chi connectivity index (χ3v) is 5.85. The number of aliphatic imine (C=N–C) groups is 1. The van der Waals surface area contributed by atoms with Crippen molar-refractivity contribution < 1.29 is 0 Å². The van der Waals surface area contributed by atoms with E-state index < -0.39 is 0 Å². The Labute approximate surface area is 162 Å². The van der Waals surface area contributed by atoms with Gasteiger partial charge in [0, 0.05) is 25.6 Å². The summed E-state index contributed by atoms with van der Waals surface area (Å²) in [6.45, 7) is 8.28. The molecule has 0 amide bonds. The number of aryl methyl sites for hydroxylation is 2. The Morgan fingerprint density at radius 1 is 1.26 bits per heavy atom. The number of nitrogens with zero attached hydrogens (tertiary/aromatic N) is 4. The lowest BCUT2D eigenvalue weighted by Gasteiger charge is -2.34. The number of aromatic nitrogens is 3. The molecule has 146 valence electrons. The van der Waals surface area contributed by atoms with Gasteiger partial charge in [0.1, 0.15) is 11.6 Å². The fraction of sp³-hybridized carbons (Fsp3) is 0.571. The van der Waals surface area contributed by atoms with Gasteiger partial charge in [-0.15, -0.1) is 0 Å². The van der Waals surface area contributed by atoms with Crippen LogP contribution in [0.25, 0.3) is 0 Å². The Bertz CT molecular complexity index is 760. The molecule has 1 unspecified atom stereocenters. The summed E-state index contributed by atoms with van der Waals surface area (Å²) in [5.74, 6) is 2.68. The third kappa shape index (κ3) is 4.15. The molecule has 1 aromatic heterocycles. The van der Waals surface area contributed by atoms with E-state index in [0.717, 1.165) is 56.4 Å². The predicted molar refractivity (Wildman–Crippen MR) is 110 cm³/mol. The molecule has 0 spiro atoms. The van der Waals surface area contributed by atoms with E-state index in [1.807, 2.05) is 18.7 Å². The van der Waals surface area contributed by atoms with Crippen LogP contribution < -0.4 is 10.6 Å². The molecule has 3 rings (SSSR count). The van der Waals surface area contributed by atoms with Crippen molar-refractivity contribution in [2.45, 2.75) is 64.5 Å². The number of nitrogens with one attached hydrogen (secondary N) is 2. The summed E-state index contributed by atoms with van der Waals surface area (Å²) in [4.78, 5) is 9.08. The first-order valence-corrected chi connectivity index (χ1v) is 10.1. The van der Waals surface area contributed by atoms with Crippen molar-refractivity contribution in [3.05, 3.63) is 47.5 Å². The SMILES string of the molecule is CCC(CC)(CNC(=NC)NC1CCCn2nc(C)nc21)c1ccccc1. The van der Waals surface area contributed by atoms with E-state index >= 15 is 0 Å². The largest absolute Gasteiger partial charge is 0.356 e. The van der Waals surface area contributed by atoms with Crippen molar-refractivity contribution in [3.8, 4) is 0 Å². The van der Waals surface area contributed by atoms with E-state index in [4.69, 9.17) is 0 Å². The van der Waals surface area contributed by atoms with Gasteiger partial charge in [-0.05, 0) is 38.2 Å². The lowest BCUT2D eigenvalue weighted by molar-refractivity contribution is 0.378. The van der Waals surface area contributed by atoms with Gasteiger partial charge in [0.25, 0.3) is 0 Å². The second kappa shape index (κ2) is 8.55. The minimum atomic E-state index is 0.0993. The summed E-state index contributed by atoms with van der Waals surface area (Å²) in [5.41, 5.74) is 1.48. The number of benzene rings is 1. The van der Waals surface area contributed by atoms with E-state index in [1.54, 1.807) is 0 Å². The fourth-order valence-corrected chi connectivity index (χ4v) is 4.02. The van der Waals surface area contributed by atoms with E-state index in [2.05, 4.69) is 69.9 Å². The Morgan fingerprint density at radius 3 is 2.67 bits per heavy atom. The summed E-state index contributed by atoms with van der Waals surface area (Å²) in [5, 5.41) is 11.6. The van der Waals surface area contributed by atoms with Gasteiger partial charge in [-0.2, -0.15) is 5.10 Å². The van der Waals surface area contributed by atoms with Crippen LogP contribution in [0.3, 0.4) is 0 Å². The first-order valence-electron chi connectivity index (χ1n) is 10.1. The average molecular weight is 369 g/mol. The third-order valence-electron chi connectivity index (χ3n) is 5.85. The van der Waals surface area contributed by atoms with Crippen molar-refractivity contribution in [1.82, 2.24) is 25.4 Å². The van der Waals surface area contributed by atoms with Crippen LogP contribution in [0, 0.1) is 6.92 Å². The Kier molecular flexibility index (Phi) is 6.14. The molecule has 6 nitrogen and oxygen atoms in total. The molecule has 2 N–H and O–H groups in total. The topological polar surface area (TPSA) is 67.1 Å². The Balaban J connectivity index is 1.70. The van der Waals surface area contributed by atoms with Crippen LogP contribution >= 0.6 is 0 Å². The van der Waals surface area contributed by atoms with Gasteiger partial charge in [-0.3, -0.25) is 4.99 Å². The smallest absolute Gasteiger partial charge is 0.191 e. The normalized spacial score (nSPS) is 17.5. The monoisotopic (exact) mass is 368 g/mol. The van der Waals surface area contributed by atoms with Crippen molar-refractivity contribution in [1.29, 1.82) is 0 Å². The fourth-order valence-electron chi connectivity index (χ4n) is 4.02. The minimum Gasteiger partial charge on any atom is -0.356 e. The standard InChI is InChI=1S/C21H32N6/c1-5-21(6-2,17-11-8-7-9-12-17)15-23-20(22-4)25-18-13-10-14-27-19(18)24-16(3)26-27/h7-9,11-12,18H,5-6,10,13-15H2,1-4H3,(H2,22,23,25). The molecule has 2 heterocycles. The molecule has 0 aliphatic carbocycles. The quantitative estimate of drug-likeness (QED) is 0.606. The van der Waals surface area contributed by atoms with Gasteiger partial charge in [0.05, 0.1) is 6.04 Å². The first-order chi connectivity index (χ1) is 13.1. The number of rotatable bonds is 6. The van der Waals surface area contributed by atoms with Crippen LogP contribution in [0.15, 0.2) is 35.3 Å². The van der Waals surface area contributed by atoms with Gasteiger partial charge < -0.3 is 10.6 Å². The maximum Gasteiger partial charge on any atom is 0.191 e. The molecule has 6 heteroatoms. The van der Waals surface area contributed by atoms with E-state index in [0.29, 0.717) is 0 Å². The number of guanidine groups is 1. The summed E-state index contributed by atoms with van der Waals surface area (Å²) >= 11 is 0. The highest BCUT2D eigenvalue weighted by Crippen LogP contribution is 2.31. The zero-order valence-corrected chi connectivity index (χ0v) is 17.0. The average Bonchev–Trinajstić information content (AvgIpc) is 3.10. The summed E-state index contributed by atoms with van der Waals surface area (Å²) in [6, 6.07) is 10.9. The molecule has 0 saturated heterocycles. The molecule has 2 aromatic rings. The van der Waals surface area contributed by atoms with Crippen molar-refractivity contribution in [2.24, 2.45) is 4.99 Å². The zero-order valence-electron chi connectivity index (χ0n) is 17.0. The van der Waals surface area contributed by atoms with Crippen LogP contribution in [-0.2, 0) is 12.0 Å². The van der Waals surface area contributed by atoms with Gasteiger partial charge >= 0.3 is 0 Å². The highest BCUT2D eigenvalue weighted by molar-refractivity contribution is 5.80. The van der Waals surface area contributed by atoms with Crippen molar-refractivity contribution in [3.63, 3.8) is 0 Å². The molecule has 0 saturated carbocycles. The Morgan fingerprint density at radius 2 is 2.00 bits per heavy atom. The molecule has 0 bridgehead atoms. The molecule has 0 fully saturated rings. The summed E-state index contributed by atoms with van der Waals surface area (Å²) < 4.78 is 2.02. The van der Waals surface area contributed by atoms with Gasteiger partial charge in [0.2, 0.25) is 0 Å². The highest BCUT2D eigenvalue weighted by Gasteiger charge is 2.29. The molecule has 1 aliphatic heterocycles. The van der Waals surface area contributed by atoms with Crippen LogP contribution in [0.2, 0.25) is 0 Å². The lowest BCUT2D eigenvalue weighted by atomic mass is 9.76. The van der Waals surface area contributed by atoms with Crippen LogP contribution in [0.1, 0.15) is 62.8 Å². The molecular weight excluding hydrogens is 336 g/mol. The molecule has 1 aromatic carbocycles. The van der Waals surface area contributed by atoms with Gasteiger partial charge in [0.15, 0.2) is 5.96 Å². The van der Waals surface area contributed by atoms with E-state index in [1.165, 1.54) is 5.56 Å². The first kappa shape index (κ1) is 19.4. The second-order valence-electron chi connectivity index (χ2n) is 7.36. The van der Waals surface area contributed by atoms with E-state index in [-0.39, 0.29) is 11.5 Å². The number of hydrogen-bond donors (Lipinski definition) is 2. The zero-order chi connectivity index (χ0) is 19.3. The molecule has 0 radical (unpaired) electrons. The molecule has 1 atom stereocenters. The molecule has 1 aliphatic rings. The van der Waals surface area contributed by atoms with Gasteiger partial charge in [-0.25, -0.2) is 9.67 Å². The maximum absolute atomic E-state index is 4.62. The van der Waals surface area contributed by atoms with Crippen LogP contribution in [-0.4, -0.2) is 34.3 Å². The second-order valence-corrected chi connectivity index (χ2v) is 7.36. The minimum absolute atomic E-state index is 0.0993. The molecular formula is C21H32N6. The lowest BCUT2D eigenvalue weighted by Crippen LogP contribution is -2.47. The van der Waals surface area contributed by atoms with Crippen LogP contribution in [0.4, 0.5) is 0 Å². The van der Waals surface area contributed by atoms with Crippen molar-refractivity contribution in [2.75, 3.05) is 13.6 Å².